The van der Waals surface area contributed by atoms with Crippen molar-refractivity contribution in [3.8, 4) is 5.75 Å². The maximum absolute atomic E-state index is 9.92. The molecule has 1 rings (SSSR count). The summed E-state index contributed by atoms with van der Waals surface area (Å²) in [6.07, 6.45) is 0.449. The molecule has 0 saturated heterocycles. The second-order valence-corrected chi connectivity index (χ2v) is 4.54. The van der Waals surface area contributed by atoms with Crippen LogP contribution in [0.4, 0.5) is 0 Å². The summed E-state index contributed by atoms with van der Waals surface area (Å²) in [5.41, 5.74) is 8.34. The van der Waals surface area contributed by atoms with E-state index >= 15 is 0 Å². The summed E-state index contributed by atoms with van der Waals surface area (Å²) in [5.74, 6) is 0.233. The van der Waals surface area contributed by atoms with Crippen molar-refractivity contribution in [1.29, 1.82) is 0 Å². The van der Waals surface area contributed by atoms with Crippen molar-refractivity contribution in [2.24, 2.45) is 5.73 Å². The van der Waals surface area contributed by atoms with Crippen LogP contribution in [0.2, 0.25) is 0 Å². The van der Waals surface area contributed by atoms with Crippen LogP contribution in [0.1, 0.15) is 29.2 Å². The van der Waals surface area contributed by atoms with E-state index in [0.29, 0.717) is 6.42 Å². The van der Waals surface area contributed by atoms with Gasteiger partial charge in [-0.05, 0) is 37.5 Å². The SMILES string of the molecule is Cc1cc(Br)c(C)c(C(N)CCO)c1O. The Kier molecular flexibility index (Phi) is 4.13. The van der Waals surface area contributed by atoms with Crippen LogP contribution in [0.3, 0.4) is 0 Å². The number of hydrogen-bond donors (Lipinski definition) is 3. The van der Waals surface area contributed by atoms with Gasteiger partial charge in [-0.15, -0.1) is 0 Å². The fourth-order valence-electron chi connectivity index (χ4n) is 1.62. The van der Waals surface area contributed by atoms with Gasteiger partial charge >= 0.3 is 0 Å². The van der Waals surface area contributed by atoms with Crippen molar-refractivity contribution in [1.82, 2.24) is 0 Å². The van der Waals surface area contributed by atoms with Crippen molar-refractivity contribution in [3.63, 3.8) is 0 Å². The Morgan fingerprint density at radius 3 is 2.60 bits per heavy atom. The molecule has 0 heterocycles. The lowest BCUT2D eigenvalue weighted by Gasteiger charge is -2.18. The normalized spacial score (nSPS) is 12.9. The summed E-state index contributed by atoms with van der Waals surface area (Å²) in [7, 11) is 0. The van der Waals surface area contributed by atoms with E-state index in [2.05, 4.69) is 15.9 Å². The number of aromatic hydroxyl groups is 1. The van der Waals surface area contributed by atoms with Gasteiger partial charge in [-0.2, -0.15) is 0 Å². The van der Waals surface area contributed by atoms with Gasteiger partial charge < -0.3 is 15.9 Å². The van der Waals surface area contributed by atoms with Crippen molar-refractivity contribution in [3.05, 3.63) is 27.2 Å². The van der Waals surface area contributed by atoms with E-state index in [4.69, 9.17) is 10.8 Å². The highest BCUT2D eigenvalue weighted by atomic mass is 79.9. The van der Waals surface area contributed by atoms with Crippen LogP contribution < -0.4 is 5.73 Å². The van der Waals surface area contributed by atoms with E-state index in [0.717, 1.165) is 21.2 Å². The Morgan fingerprint density at radius 1 is 1.47 bits per heavy atom. The first-order chi connectivity index (χ1) is 6.99. The number of phenolic OH excluding ortho intramolecular Hbond substituents is 1. The van der Waals surface area contributed by atoms with E-state index in [9.17, 15) is 5.11 Å². The number of aliphatic hydroxyl groups excluding tert-OH is 1. The predicted molar refractivity (Wildman–Crippen MR) is 63.9 cm³/mol. The van der Waals surface area contributed by atoms with Crippen molar-refractivity contribution in [2.45, 2.75) is 26.3 Å². The molecule has 1 aromatic carbocycles. The van der Waals surface area contributed by atoms with Crippen LogP contribution in [0.25, 0.3) is 0 Å². The zero-order chi connectivity index (χ0) is 11.6. The van der Waals surface area contributed by atoms with Gasteiger partial charge in [0.2, 0.25) is 0 Å². The Hall–Kier alpha value is -0.580. The first-order valence-electron chi connectivity index (χ1n) is 4.84. The summed E-state index contributed by atoms with van der Waals surface area (Å²) >= 11 is 3.42. The smallest absolute Gasteiger partial charge is 0.123 e. The number of halogens is 1. The minimum absolute atomic E-state index is 0.0195. The van der Waals surface area contributed by atoms with Gasteiger partial charge in [-0.1, -0.05) is 15.9 Å². The Labute approximate surface area is 98.1 Å². The summed E-state index contributed by atoms with van der Waals surface area (Å²) in [4.78, 5) is 0. The minimum atomic E-state index is -0.328. The maximum atomic E-state index is 9.92. The third-order valence-corrected chi connectivity index (χ3v) is 3.37. The van der Waals surface area contributed by atoms with Crippen molar-refractivity contribution in [2.75, 3.05) is 6.61 Å². The molecule has 0 aromatic heterocycles. The molecule has 0 saturated carbocycles. The highest BCUT2D eigenvalue weighted by Gasteiger charge is 2.17. The molecular weight excluding hydrogens is 258 g/mol. The maximum Gasteiger partial charge on any atom is 0.123 e. The Morgan fingerprint density at radius 2 is 2.07 bits per heavy atom. The molecule has 0 fully saturated rings. The van der Waals surface area contributed by atoms with E-state index in [1.54, 1.807) is 0 Å². The summed E-state index contributed by atoms with van der Waals surface area (Å²) in [6.45, 7) is 3.75. The van der Waals surface area contributed by atoms with Crippen LogP contribution in [0, 0.1) is 13.8 Å². The average Bonchev–Trinajstić information content (AvgIpc) is 2.16. The van der Waals surface area contributed by atoms with Crippen LogP contribution in [0.15, 0.2) is 10.5 Å². The molecule has 0 aliphatic rings. The summed E-state index contributed by atoms with van der Waals surface area (Å²) < 4.78 is 0.932. The molecule has 1 aromatic rings. The van der Waals surface area contributed by atoms with E-state index < -0.39 is 0 Å². The van der Waals surface area contributed by atoms with Gasteiger partial charge in [-0.25, -0.2) is 0 Å². The molecule has 84 valence electrons. The van der Waals surface area contributed by atoms with Crippen LogP contribution >= 0.6 is 15.9 Å². The molecule has 1 unspecified atom stereocenters. The van der Waals surface area contributed by atoms with Crippen LogP contribution in [-0.2, 0) is 0 Å². The number of aryl methyl sites for hydroxylation is 1. The van der Waals surface area contributed by atoms with Gasteiger partial charge in [0.1, 0.15) is 5.75 Å². The molecule has 15 heavy (non-hydrogen) atoms. The summed E-state index contributed by atoms with van der Waals surface area (Å²) in [5, 5.41) is 18.8. The monoisotopic (exact) mass is 273 g/mol. The average molecular weight is 274 g/mol. The van der Waals surface area contributed by atoms with E-state index in [1.165, 1.54) is 0 Å². The molecule has 0 aliphatic heterocycles. The predicted octanol–water partition coefficient (Wildman–Crippen LogP) is 2.15. The van der Waals surface area contributed by atoms with Gasteiger partial charge in [-0.3, -0.25) is 0 Å². The minimum Gasteiger partial charge on any atom is -0.507 e. The number of phenols is 1. The standard InChI is InChI=1S/C11H16BrNO2/c1-6-5-8(12)7(2)10(11(6)15)9(13)3-4-14/h5,9,14-15H,3-4,13H2,1-2H3. The van der Waals surface area contributed by atoms with E-state index in [1.807, 2.05) is 19.9 Å². The fraction of sp³-hybridized carbons (Fsp3) is 0.455. The number of benzene rings is 1. The molecular formula is C11H16BrNO2. The van der Waals surface area contributed by atoms with Gasteiger partial charge in [0.05, 0.1) is 0 Å². The number of rotatable bonds is 3. The molecule has 3 nitrogen and oxygen atoms in total. The third kappa shape index (κ3) is 2.51. The van der Waals surface area contributed by atoms with Crippen LogP contribution in [0.5, 0.6) is 5.75 Å². The first-order valence-corrected chi connectivity index (χ1v) is 5.63. The Bertz CT molecular complexity index is 340. The first kappa shape index (κ1) is 12.5. The third-order valence-electron chi connectivity index (χ3n) is 2.55. The van der Waals surface area contributed by atoms with E-state index in [-0.39, 0.29) is 18.4 Å². The zero-order valence-corrected chi connectivity index (χ0v) is 10.5. The lowest BCUT2D eigenvalue weighted by molar-refractivity contribution is 0.275. The number of aliphatic hydroxyl groups is 1. The lowest BCUT2D eigenvalue weighted by Crippen LogP contribution is -2.14. The molecule has 0 radical (unpaired) electrons. The van der Waals surface area contributed by atoms with Gasteiger partial charge in [0, 0.05) is 22.7 Å². The molecule has 0 bridgehead atoms. The molecule has 4 N–H and O–H groups in total. The zero-order valence-electron chi connectivity index (χ0n) is 8.92. The quantitative estimate of drug-likeness (QED) is 0.791. The van der Waals surface area contributed by atoms with Gasteiger partial charge in [0.15, 0.2) is 0 Å². The van der Waals surface area contributed by atoms with Crippen LogP contribution in [-0.4, -0.2) is 16.8 Å². The molecule has 0 spiro atoms. The second kappa shape index (κ2) is 4.96. The fourth-order valence-corrected chi connectivity index (χ4v) is 2.18. The number of hydrogen-bond acceptors (Lipinski definition) is 3. The number of nitrogens with two attached hydrogens (primary N) is 1. The molecule has 4 heteroatoms. The highest BCUT2D eigenvalue weighted by Crippen LogP contribution is 2.35. The molecule has 1 atom stereocenters. The molecule has 0 amide bonds. The molecule has 0 aliphatic carbocycles. The largest absolute Gasteiger partial charge is 0.507 e. The highest BCUT2D eigenvalue weighted by molar-refractivity contribution is 9.10. The van der Waals surface area contributed by atoms with Crippen molar-refractivity contribution < 1.29 is 10.2 Å². The Balaban J connectivity index is 3.26. The lowest BCUT2D eigenvalue weighted by atomic mass is 9.96. The van der Waals surface area contributed by atoms with Crippen molar-refractivity contribution >= 4 is 15.9 Å². The van der Waals surface area contributed by atoms with Gasteiger partial charge in [0.25, 0.3) is 0 Å². The second-order valence-electron chi connectivity index (χ2n) is 3.68. The summed E-state index contributed by atoms with van der Waals surface area (Å²) in [6, 6.07) is 1.53. The topological polar surface area (TPSA) is 66.5 Å².